The highest BCUT2D eigenvalue weighted by molar-refractivity contribution is 6.31. The van der Waals surface area contributed by atoms with E-state index >= 15 is 0 Å². The van der Waals surface area contributed by atoms with Crippen LogP contribution in [0.5, 0.6) is 0 Å². The molecule has 0 spiro atoms. The minimum atomic E-state index is -4.65. The van der Waals surface area contributed by atoms with Crippen LogP contribution in [0, 0.1) is 0 Å². The number of nitrogens with zero attached hydrogens (tertiary/aromatic N) is 1. The number of carbonyl (C=O) groups excluding carboxylic acids is 2. The number of benzene rings is 1. The van der Waals surface area contributed by atoms with Gasteiger partial charge in [0.1, 0.15) is 13.0 Å². The molecule has 4 nitrogen and oxygen atoms in total. The van der Waals surface area contributed by atoms with Crippen molar-refractivity contribution in [2.45, 2.75) is 19.1 Å². The van der Waals surface area contributed by atoms with Gasteiger partial charge in [-0.2, -0.15) is 13.2 Å². The Morgan fingerprint density at radius 1 is 1.29 bits per heavy atom. The molecule has 1 aromatic rings. The molecule has 0 aliphatic rings. The number of amides is 1. The molecule has 1 amide bonds. The minimum Gasteiger partial charge on any atom is -0.468 e. The number of halogens is 4. The third-order valence-electron chi connectivity index (χ3n) is 2.57. The van der Waals surface area contributed by atoms with E-state index in [4.69, 9.17) is 11.6 Å². The van der Waals surface area contributed by atoms with Gasteiger partial charge >= 0.3 is 12.1 Å². The molecule has 0 saturated carbocycles. The number of rotatable bonds is 5. The van der Waals surface area contributed by atoms with Gasteiger partial charge in [-0.05, 0) is 11.6 Å². The highest BCUT2D eigenvalue weighted by atomic mass is 35.5. The van der Waals surface area contributed by atoms with Crippen LogP contribution in [0.2, 0.25) is 5.02 Å². The molecule has 0 atom stereocenters. The first-order valence-electron chi connectivity index (χ1n) is 5.87. The van der Waals surface area contributed by atoms with Gasteiger partial charge in [-0.25, -0.2) is 0 Å². The fraction of sp³-hybridized carbons (Fsp3) is 0.385. The lowest BCUT2D eigenvalue weighted by molar-refractivity contribution is -0.165. The summed E-state index contributed by atoms with van der Waals surface area (Å²) < 4.78 is 41.3. The van der Waals surface area contributed by atoms with E-state index in [-0.39, 0.29) is 6.54 Å². The van der Waals surface area contributed by atoms with Gasteiger partial charge in [0, 0.05) is 11.6 Å². The molecule has 1 aromatic carbocycles. The van der Waals surface area contributed by atoms with Gasteiger partial charge in [-0.15, -0.1) is 0 Å². The van der Waals surface area contributed by atoms with Crippen LogP contribution in [0.25, 0.3) is 0 Å². The third-order valence-corrected chi connectivity index (χ3v) is 2.94. The molecule has 116 valence electrons. The number of carbonyl (C=O) groups is 2. The summed E-state index contributed by atoms with van der Waals surface area (Å²) in [5.41, 5.74) is 0.443. The third kappa shape index (κ3) is 6.03. The SMILES string of the molecule is COC(=O)CN(Cc1ccccc1Cl)C(=O)CC(F)(F)F. The van der Waals surface area contributed by atoms with Gasteiger partial charge in [-0.1, -0.05) is 29.8 Å². The zero-order chi connectivity index (χ0) is 16.0. The predicted molar refractivity (Wildman–Crippen MR) is 69.6 cm³/mol. The van der Waals surface area contributed by atoms with Crippen molar-refractivity contribution in [2.75, 3.05) is 13.7 Å². The van der Waals surface area contributed by atoms with Crippen LogP contribution < -0.4 is 0 Å². The standard InChI is InChI=1S/C13H13ClF3NO3/c1-21-12(20)8-18(11(19)6-13(15,16)17)7-9-4-2-3-5-10(9)14/h2-5H,6-8H2,1H3. The molecule has 0 saturated heterocycles. The minimum absolute atomic E-state index is 0.205. The second-order valence-electron chi connectivity index (χ2n) is 4.21. The number of hydrogen-bond acceptors (Lipinski definition) is 3. The van der Waals surface area contributed by atoms with Crippen molar-refractivity contribution in [3.8, 4) is 0 Å². The lowest BCUT2D eigenvalue weighted by Crippen LogP contribution is -2.38. The quantitative estimate of drug-likeness (QED) is 0.783. The fourth-order valence-electron chi connectivity index (χ4n) is 1.57. The molecule has 0 aliphatic carbocycles. The average molecular weight is 324 g/mol. The molecule has 0 fully saturated rings. The molecule has 0 radical (unpaired) electrons. The Kier molecular flexibility index (Phi) is 6.02. The average Bonchev–Trinajstić information content (AvgIpc) is 2.38. The summed E-state index contributed by atoms with van der Waals surface area (Å²) in [7, 11) is 1.09. The first-order chi connectivity index (χ1) is 9.73. The molecule has 0 aliphatic heterocycles. The Morgan fingerprint density at radius 2 is 1.90 bits per heavy atom. The van der Waals surface area contributed by atoms with E-state index in [2.05, 4.69) is 4.74 Å². The van der Waals surface area contributed by atoms with Crippen LogP contribution in [-0.2, 0) is 20.9 Å². The van der Waals surface area contributed by atoms with E-state index in [0.29, 0.717) is 10.6 Å². The second-order valence-corrected chi connectivity index (χ2v) is 4.62. The van der Waals surface area contributed by atoms with Crippen molar-refractivity contribution < 1.29 is 27.5 Å². The Bertz CT molecular complexity index is 520. The zero-order valence-electron chi connectivity index (χ0n) is 11.1. The highest BCUT2D eigenvalue weighted by Gasteiger charge is 2.34. The number of ether oxygens (including phenoxy) is 1. The summed E-state index contributed by atoms with van der Waals surface area (Å²) in [6, 6.07) is 6.38. The van der Waals surface area contributed by atoms with Crippen LogP contribution in [0.1, 0.15) is 12.0 Å². The van der Waals surface area contributed by atoms with Crippen molar-refractivity contribution in [1.82, 2.24) is 4.90 Å². The Hall–Kier alpha value is -1.76. The van der Waals surface area contributed by atoms with Crippen LogP contribution in [-0.4, -0.2) is 36.6 Å². The lowest BCUT2D eigenvalue weighted by atomic mass is 10.2. The van der Waals surface area contributed by atoms with E-state index in [1.54, 1.807) is 24.3 Å². The molecule has 0 N–H and O–H groups in total. The molecule has 1 rings (SSSR count). The van der Waals surface area contributed by atoms with Crippen LogP contribution in [0.3, 0.4) is 0 Å². The van der Waals surface area contributed by atoms with E-state index in [9.17, 15) is 22.8 Å². The molecule has 8 heteroatoms. The summed E-state index contributed by atoms with van der Waals surface area (Å²) in [5.74, 6) is -2.02. The van der Waals surface area contributed by atoms with Crippen LogP contribution >= 0.6 is 11.6 Å². The predicted octanol–water partition coefficient (Wildman–Crippen LogP) is 2.79. The molecule has 21 heavy (non-hydrogen) atoms. The number of hydrogen-bond donors (Lipinski definition) is 0. The molecule has 0 unspecified atom stereocenters. The highest BCUT2D eigenvalue weighted by Crippen LogP contribution is 2.23. The maximum absolute atomic E-state index is 12.3. The molecular weight excluding hydrogens is 311 g/mol. The van der Waals surface area contributed by atoms with E-state index < -0.39 is 31.0 Å². The van der Waals surface area contributed by atoms with Crippen molar-refractivity contribution in [3.63, 3.8) is 0 Å². The van der Waals surface area contributed by atoms with Gasteiger partial charge in [-0.3, -0.25) is 9.59 Å². The summed E-state index contributed by atoms with van der Waals surface area (Å²) in [5, 5.41) is 0.298. The Morgan fingerprint density at radius 3 is 2.43 bits per heavy atom. The summed E-state index contributed by atoms with van der Waals surface area (Å²) in [6.45, 7) is -0.777. The van der Waals surface area contributed by atoms with Gasteiger partial charge in [0.25, 0.3) is 0 Å². The van der Waals surface area contributed by atoms with Crippen LogP contribution in [0.4, 0.5) is 13.2 Å². The van der Waals surface area contributed by atoms with E-state index in [1.807, 2.05) is 0 Å². The van der Waals surface area contributed by atoms with Gasteiger partial charge in [0.2, 0.25) is 5.91 Å². The first kappa shape index (κ1) is 17.3. The Balaban J connectivity index is 2.89. The maximum atomic E-state index is 12.3. The monoisotopic (exact) mass is 323 g/mol. The Labute approximate surface area is 124 Å². The van der Waals surface area contributed by atoms with Gasteiger partial charge in [0.15, 0.2) is 0 Å². The molecule has 0 heterocycles. The fourth-order valence-corrected chi connectivity index (χ4v) is 1.76. The first-order valence-corrected chi connectivity index (χ1v) is 6.25. The number of alkyl halides is 3. The summed E-state index contributed by atoms with van der Waals surface area (Å²) in [4.78, 5) is 23.7. The van der Waals surface area contributed by atoms with Crippen molar-refractivity contribution >= 4 is 23.5 Å². The normalized spacial score (nSPS) is 11.1. The number of esters is 1. The van der Waals surface area contributed by atoms with Gasteiger partial charge in [0.05, 0.1) is 7.11 Å². The molecule has 0 aromatic heterocycles. The van der Waals surface area contributed by atoms with E-state index in [0.717, 1.165) is 12.0 Å². The van der Waals surface area contributed by atoms with Crippen LogP contribution in [0.15, 0.2) is 24.3 Å². The van der Waals surface area contributed by atoms with Crippen molar-refractivity contribution in [2.24, 2.45) is 0 Å². The summed E-state index contributed by atoms with van der Waals surface area (Å²) in [6.07, 6.45) is -6.29. The smallest absolute Gasteiger partial charge is 0.397 e. The van der Waals surface area contributed by atoms with Gasteiger partial charge < -0.3 is 9.64 Å². The molecular formula is C13H13ClF3NO3. The van der Waals surface area contributed by atoms with Crippen molar-refractivity contribution in [3.05, 3.63) is 34.9 Å². The van der Waals surface area contributed by atoms with E-state index in [1.165, 1.54) is 0 Å². The second kappa shape index (κ2) is 7.31. The van der Waals surface area contributed by atoms with Crippen molar-refractivity contribution in [1.29, 1.82) is 0 Å². The molecule has 0 bridgehead atoms. The summed E-state index contributed by atoms with van der Waals surface area (Å²) >= 11 is 5.90. The topological polar surface area (TPSA) is 46.6 Å². The lowest BCUT2D eigenvalue weighted by Gasteiger charge is -2.22. The number of methoxy groups -OCH3 is 1. The zero-order valence-corrected chi connectivity index (χ0v) is 11.9. The largest absolute Gasteiger partial charge is 0.468 e. The maximum Gasteiger partial charge on any atom is 0.397 e.